The summed E-state index contributed by atoms with van der Waals surface area (Å²) in [6.07, 6.45) is 1.34. The van der Waals surface area contributed by atoms with Crippen molar-refractivity contribution < 1.29 is 14.2 Å². The molecule has 4 nitrogen and oxygen atoms in total. The van der Waals surface area contributed by atoms with E-state index < -0.39 is 14.0 Å². The lowest BCUT2D eigenvalue weighted by Crippen LogP contribution is -2.22. The molecular weight excluding hydrogens is 227 g/mol. The van der Waals surface area contributed by atoms with Crippen molar-refractivity contribution in [3.8, 4) is 0 Å². The zero-order chi connectivity index (χ0) is 12.2. The van der Waals surface area contributed by atoms with Gasteiger partial charge in [-0.3, -0.25) is 4.57 Å². The molecule has 6 heteroatoms. The number of ether oxygens (including phenoxy) is 1. The highest BCUT2D eigenvalue weighted by Gasteiger charge is 2.13. The van der Waals surface area contributed by atoms with Crippen LogP contribution in [0.1, 0.15) is 5.69 Å². The minimum atomic E-state index is -1.09. The number of imidazole rings is 1. The van der Waals surface area contributed by atoms with Crippen LogP contribution in [0.25, 0.3) is 0 Å². The Labute approximate surface area is 96.1 Å². The van der Waals surface area contributed by atoms with Gasteiger partial charge in [-0.1, -0.05) is 19.6 Å². The summed E-state index contributed by atoms with van der Waals surface area (Å²) in [6, 6.07) is 1.05. The molecule has 16 heavy (non-hydrogen) atoms. The first-order chi connectivity index (χ1) is 7.44. The summed E-state index contributed by atoms with van der Waals surface area (Å²) in [4.78, 5) is 3.73. The number of hydrogen-bond acceptors (Lipinski definition) is 3. The Kier molecular flexibility index (Phi) is 4.64. The second-order valence-electron chi connectivity index (χ2n) is 4.96. The van der Waals surface area contributed by atoms with Crippen molar-refractivity contribution in [1.29, 1.82) is 0 Å². The zero-order valence-electron chi connectivity index (χ0n) is 10.0. The first-order valence-electron chi connectivity index (χ1n) is 5.32. The molecule has 0 unspecified atom stereocenters. The van der Waals surface area contributed by atoms with E-state index in [1.54, 1.807) is 0 Å². The van der Waals surface area contributed by atoms with Gasteiger partial charge in [0.2, 0.25) is 5.95 Å². The van der Waals surface area contributed by atoms with Gasteiger partial charge in [0.25, 0.3) is 0 Å². The highest BCUT2D eigenvalue weighted by Crippen LogP contribution is 2.09. The molecule has 1 aromatic heterocycles. The Morgan fingerprint density at radius 3 is 2.69 bits per heavy atom. The normalized spacial score (nSPS) is 12.1. The topological polar surface area (TPSA) is 47.3 Å². The largest absolute Gasteiger partial charge is 0.390 e. The Balaban J connectivity index is 2.35. The van der Waals surface area contributed by atoms with Crippen LogP contribution >= 0.6 is 0 Å². The van der Waals surface area contributed by atoms with E-state index in [1.165, 1.54) is 10.9 Å². The van der Waals surface area contributed by atoms with Gasteiger partial charge in [-0.2, -0.15) is 4.39 Å². The lowest BCUT2D eigenvalue weighted by Gasteiger charge is -2.15. The molecule has 92 valence electrons. The summed E-state index contributed by atoms with van der Waals surface area (Å²) >= 11 is 0. The molecule has 0 aliphatic rings. The highest BCUT2D eigenvalue weighted by molar-refractivity contribution is 6.76. The fourth-order valence-corrected chi connectivity index (χ4v) is 1.90. The fourth-order valence-electron chi connectivity index (χ4n) is 1.15. The van der Waals surface area contributed by atoms with Crippen LogP contribution in [0, 0.1) is 5.95 Å². The van der Waals surface area contributed by atoms with Gasteiger partial charge in [-0.25, -0.2) is 4.98 Å². The minimum absolute atomic E-state index is 0.0637. The molecular formula is C10H19FN2O2Si. The van der Waals surface area contributed by atoms with Gasteiger partial charge in [0.1, 0.15) is 12.4 Å². The maximum absolute atomic E-state index is 13.4. The lowest BCUT2D eigenvalue weighted by atomic mass is 10.5. The van der Waals surface area contributed by atoms with Gasteiger partial charge < -0.3 is 9.84 Å². The predicted octanol–water partition coefficient (Wildman–Crippen LogP) is 1.83. The third-order valence-corrected chi connectivity index (χ3v) is 3.92. The van der Waals surface area contributed by atoms with E-state index in [0.717, 1.165) is 6.04 Å². The Morgan fingerprint density at radius 2 is 2.19 bits per heavy atom. The zero-order valence-corrected chi connectivity index (χ0v) is 11.0. The summed E-state index contributed by atoms with van der Waals surface area (Å²) in [6.45, 7) is 7.20. The molecule has 0 fully saturated rings. The maximum atomic E-state index is 13.4. The fraction of sp³-hybridized carbons (Fsp3) is 0.700. The van der Waals surface area contributed by atoms with Crippen LogP contribution in [0.3, 0.4) is 0 Å². The summed E-state index contributed by atoms with van der Waals surface area (Å²) in [5.74, 6) is -0.518. The molecule has 0 radical (unpaired) electrons. The van der Waals surface area contributed by atoms with Crippen LogP contribution in [0.5, 0.6) is 0 Å². The van der Waals surface area contributed by atoms with E-state index in [2.05, 4.69) is 24.6 Å². The molecule has 1 N–H and O–H groups in total. The quantitative estimate of drug-likeness (QED) is 0.615. The van der Waals surface area contributed by atoms with Crippen molar-refractivity contribution in [3.05, 3.63) is 18.0 Å². The van der Waals surface area contributed by atoms with E-state index in [4.69, 9.17) is 9.84 Å². The van der Waals surface area contributed by atoms with Gasteiger partial charge in [0, 0.05) is 14.7 Å². The summed E-state index contributed by atoms with van der Waals surface area (Å²) in [5.41, 5.74) is 0.0637. The number of rotatable bonds is 6. The van der Waals surface area contributed by atoms with Gasteiger partial charge >= 0.3 is 0 Å². The third kappa shape index (κ3) is 4.03. The van der Waals surface area contributed by atoms with Gasteiger partial charge in [0.05, 0.1) is 12.9 Å². The van der Waals surface area contributed by atoms with Crippen LogP contribution in [-0.2, 0) is 18.1 Å². The number of nitrogens with zero attached hydrogens (tertiary/aromatic N) is 2. The molecule has 0 aliphatic carbocycles. The van der Waals surface area contributed by atoms with E-state index in [1.807, 2.05) is 0 Å². The third-order valence-electron chi connectivity index (χ3n) is 2.22. The van der Waals surface area contributed by atoms with E-state index in [0.29, 0.717) is 6.61 Å². The summed E-state index contributed by atoms with van der Waals surface area (Å²) < 4.78 is 20.0. The van der Waals surface area contributed by atoms with Crippen LogP contribution in [0.2, 0.25) is 25.7 Å². The van der Waals surface area contributed by atoms with E-state index >= 15 is 0 Å². The van der Waals surface area contributed by atoms with Crippen molar-refractivity contribution in [2.24, 2.45) is 0 Å². The molecule has 0 bridgehead atoms. The highest BCUT2D eigenvalue weighted by atomic mass is 28.3. The molecule has 1 heterocycles. The van der Waals surface area contributed by atoms with Crippen LogP contribution in [-0.4, -0.2) is 29.3 Å². The molecule has 0 spiro atoms. The monoisotopic (exact) mass is 246 g/mol. The molecule has 1 rings (SSSR count). The molecule has 0 atom stereocenters. The van der Waals surface area contributed by atoms with Gasteiger partial charge in [-0.15, -0.1) is 0 Å². The average Bonchev–Trinajstić information content (AvgIpc) is 2.53. The van der Waals surface area contributed by atoms with Crippen molar-refractivity contribution >= 4 is 8.07 Å². The Hall–Kier alpha value is -0.723. The second kappa shape index (κ2) is 5.56. The number of aliphatic hydroxyl groups is 1. The molecule has 1 aromatic rings. The molecule has 0 saturated carbocycles. The van der Waals surface area contributed by atoms with Crippen molar-refractivity contribution in [3.63, 3.8) is 0 Å². The molecule has 0 saturated heterocycles. The first kappa shape index (κ1) is 13.3. The predicted molar refractivity (Wildman–Crippen MR) is 62.2 cm³/mol. The number of aliphatic hydroxyl groups excluding tert-OH is 1. The summed E-state index contributed by atoms with van der Waals surface area (Å²) in [5, 5.41) is 8.76. The molecule has 0 aliphatic heterocycles. The maximum Gasteiger partial charge on any atom is 0.220 e. The SMILES string of the molecule is C[Si](C)(C)CCOCn1cnc(CO)c1F. The summed E-state index contributed by atoms with van der Waals surface area (Å²) in [7, 11) is -1.09. The lowest BCUT2D eigenvalue weighted by molar-refractivity contribution is 0.0789. The van der Waals surface area contributed by atoms with Crippen molar-refractivity contribution in [2.75, 3.05) is 6.61 Å². The smallest absolute Gasteiger partial charge is 0.220 e. The number of hydrogen-bond donors (Lipinski definition) is 1. The average molecular weight is 246 g/mol. The second-order valence-corrected chi connectivity index (χ2v) is 10.6. The van der Waals surface area contributed by atoms with Gasteiger partial charge in [-0.05, 0) is 6.04 Å². The van der Waals surface area contributed by atoms with Gasteiger partial charge in [0.15, 0.2) is 0 Å². The van der Waals surface area contributed by atoms with E-state index in [-0.39, 0.29) is 19.0 Å². The number of halogens is 1. The minimum Gasteiger partial charge on any atom is -0.390 e. The van der Waals surface area contributed by atoms with Crippen molar-refractivity contribution in [2.45, 2.75) is 39.0 Å². The van der Waals surface area contributed by atoms with Crippen molar-refractivity contribution in [1.82, 2.24) is 9.55 Å². The number of aromatic nitrogens is 2. The van der Waals surface area contributed by atoms with Crippen LogP contribution in [0.15, 0.2) is 6.33 Å². The Bertz CT molecular complexity index is 336. The standard InChI is InChI=1S/C10H19FN2O2Si/c1-16(2,3)5-4-15-8-13-7-12-9(6-14)10(13)11/h7,14H,4-6,8H2,1-3H3. The van der Waals surface area contributed by atoms with Crippen LogP contribution < -0.4 is 0 Å². The Morgan fingerprint density at radius 1 is 1.50 bits per heavy atom. The molecule has 0 amide bonds. The van der Waals surface area contributed by atoms with E-state index in [9.17, 15) is 4.39 Å². The van der Waals surface area contributed by atoms with Crippen LogP contribution in [0.4, 0.5) is 4.39 Å². The first-order valence-corrected chi connectivity index (χ1v) is 9.03. The molecule has 0 aromatic carbocycles.